The van der Waals surface area contributed by atoms with Crippen LogP contribution in [0.3, 0.4) is 0 Å². The maximum Gasteiger partial charge on any atom is 0.229 e. The number of sulfonamides is 1. The van der Waals surface area contributed by atoms with Crippen molar-refractivity contribution in [1.29, 1.82) is 0 Å². The lowest BCUT2D eigenvalue weighted by Gasteiger charge is -2.52. The Morgan fingerprint density at radius 1 is 1.19 bits per heavy atom. The standard InChI is InChI=1S/C27H33Cl2N3O3S/c1-4-10-26(3)15-23(19-13-21(29)17-31-16-19)24(18-6-8-20(28)9-7-18)32(25(26)33)22(5-2)14-27(11-12-27)36(30,34)35/h4,6-9,13,16-17,22-24H,1,5,10-12,14-15H2,2-3H3,(H2,30,34,35)/t22-,23+,24+,26-/m0/s1. The topological polar surface area (TPSA) is 93.4 Å². The molecule has 2 N–H and O–H groups in total. The highest BCUT2D eigenvalue weighted by Gasteiger charge is 2.57. The Labute approximate surface area is 223 Å². The molecule has 2 aromatic rings. The van der Waals surface area contributed by atoms with Crippen LogP contribution in [0.1, 0.15) is 75.5 Å². The third-order valence-corrected chi connectivity index (χ3v) is 10.2. The fraction of sp³-hybridized carbons (Fsp3) is 0.481. The first-order chi connectivity index (χ1) is 16.9. The predicted octanol–water partition coefficient (Wildman–Crippen LogP) is 6.02. The first-order valence-corrected chi connectivity index (χ1v) is 14.6. The van der Waals surface area contributed by atoms with Crippen molar-refractivity contribution in [3.8, 4) is 0 Å². The van der Waals surface area contributed by atoms with Crippen molar-refractivity contribution in [1.82, 2.24) is 9.88 Å². The number of aromatic nitrogens is 1. The number of pyridine rings is 1. The molecule has 4 atom stereocenters. The Morgan fingerprint density at radius 2 is 1.86 bits per heavy atom. The van der Waals surface area contributed by atoms with Gasteiger partial charge in [-0.15, -0.1) is 6.58 Å². The van der Waals surface area contributed by atoms with Crippen molar-refractivity contribution < 1.29 is 13.2 Å². The second-order valence-electron chi connectivity index (χ2n) is 10.5. The lowest BCUT2D eigenvalue weighted by atomic mass is 9.67. The van der Waals surface area contributed by atoms with E-state index in [0.717, 1.165) is 11.1 Å². The van der Waals surface area contributed by atoms with Crippen LogP contribution in [0.15, 0.2) is 55.4 Å². The fourth-order valence-corrected chi connectivity index (χ4v) is 7.20. The number of amides is 1. The van der Waals surface area contributed by atoms with Crippen LogP contribution >= 0.6 is 23.2 Å². The molecule has 2 heterocycles. The fourth-order valence-electron chi connectivity index (χ4n) is 5.80. The number of hydrogen-bond donors (Lipinski definition) is 1. The number of piperidine rings is 1. The lowest BCUT2D eigenvalue weighted by Crippen LogP contribution is -2.56. The van der Waals surface area contributed by atoms with E-state index in [-0.39, 0.29) is 23.9 Å². The molecule has 1 amide bonds. The van der Waals surface area contributed by atoms with Crippen LogP contribution in [-0.2, 0) is 14.8 Å². The Kier molecular flexibility index (Phi) is 7.60. The zero-order chi connectivity index (χ0) is 26.3. The van der Waals surface area contributed by atoms with Crippen molar-refractivity contribution in [2.24, 2.45) is 10.6 Å². The summed E-state index contributed by atoms with van der Waals surface area (Å²) in [5.41, 5.74) is 1.14. The highest BCUT2D eigenvalue weighted by molar-refractivity contribution is 7.90. The normalized spacial score (nSPS) is 26.5. The number of benzene rings is 1. The van der Waals surface area contributed by atoms with Crippen molar-refractivity contribution >= 4 is 39.1 Å². The van der Waals surface area contributed by atoms with Crippen molar-refractivity contribution in [2.45, 2.75) is 75.1 Å². The number of nitrogens with two attached hydrogens (primary N) is 1. The van der Waals surface area contributed by atoms with Gasteiger partial charge in [-0.25, -0.2) is 13.6 Å². The lowest BCUT2D eigenvalue weighted by molar-refractivity contribution is -0.155. The third-order valence-electron chi connectivity index (χ3n) is 7.95. The molecule has 2 aliphatic rings. The molecule has 0 unspecified atom stereocenters. The summed E-state index contributed by atoms with van der Waals surface area (Å²) in [6.45, 7) is 7.87. The molecule has 9 heteroatoms. The highest BCUT2D eigenvalue weighted by atomic mass is 35.5. The summed E-state index contributed by atoms with van der Waals surface area (Å²) < 4.78 is 24.0. The van der Waals surface area contributed by atoms with Crippen molar-refractivity contribution in [3.63, 3.8) is 0 Å². The minimum absolute atomic E-state index is 0.00865. The third kappa shape index (κ3) is 5.08. The molecule has 1 aliphatic heterocycles. The van der Waals surface area contributed by atoms with E-state index in [4.69, 9.17) is 28.3 Å². The molecule has 1 saturated heterocycles. The van der Waals surface area contributed by atoms with Gasteiger partial charge in [0.2, 0.25) is 15.9 Å². The van der Waals surface area contributed by atoms with E-state index in [9.17, 15) is 13.2 Å². The van der Waals surface area contributed by atoms with Crippen LogP contribution in [0, 0.1) is 5.41 Å². The molecular weight excluding hydrogens is 517 g/mol. The largest absolute Gasteiger partial charge is 0.332 e. The first kappa shape index (κ1) is 27.1. The van der Waals surface area contributed by atoms with Gasteiger partial charge < -0.3 is 4.90 Å². The van der Waals surface area contributed by atoms with Gasteiger partial charge in [-0.3, -0.25) is 9.78 Å². The Hall–Kier alpha value is -1.93. The van der Waals surface area contributed by atoms with Crippen LogP contribution in [0.4, 0.5) is 0 Å². The van der Waals surface area contributed by atoms with Crippen molar-refractivity contribution in [2.75, 3.05) is 0 Å². The summed E-state index contributed by atoms with van der Waals surface area (Å²) in [5.74, 6) is -0.135. The molecule has 0 radical (unpaired) electrons. The first-order valence-electron chi connectivity index (χ1n) is 12.3. The minimum atomic E-state index is -3.75. The maximum atomic E-state index is 14.3. The Morgan fingerprint density at radius 3 is 2.39 bits per heavy atom. The van der Waals surface area contributed by atoms with Gasteiger partial charge in [-0.05, 0) is 67.9 Å². The smallest absolute Gasteiger partial charge is 0.229 e. The quantitative estimate of drug-likeness (QED) is 0.387. The zero-order valence-electron chi connectivity index (χ0n) is 20.7. The van der Waals surface area contributed by atoms with Crippen LogP contribution in [-0.4, -0.2) is 35.0 Å². The molecule has 4 rings (SSSR count). The van der Waals surface area contributed by atoms with E-state index in [1.54, 1.807) is 18.5 Å². The Balaban J connectivity index is 1.89. The van der Waals surface area contributed by atoms with Crippen LogP contribution in [0.2, 0.25) is 10.0 Å². The number of primary sulfonamides is 1. The zero-order valence-corrected chi connectivity index (χ0v) is 23.0. The van der Waals surface area contributed by atoms with Gasteiger partial charge in [0.05, 0.1) is 21.2 Å². The summed E-state index contributed by atoms with van der Waals surface area (Å²) in [7, 11) is -3.75. The number of allylic oxidation sites excluding steroid dienone is 1. The highest BCUT2D eigenvalue weighted by Crippen LogP contribution is 2.54. The molecule has 1 saturated carbocycles. The van der Waals surface area contributed by atoms with Gasteiger partial charge in [0.25, 0.3) is 0 Å². The maximum absolute atomic E-state index is 14.3. The average Bonchev–Trinajstić information content (AvgIpc) is 3.61. The molecule has 1 aromatic heterocycles. The van der Waals surface area contributed by atoms with E-state index >= 15 is 0 Å². The van der Waals surface area contributed by atoms with E-state index < -0.39 is 20.2 Å². The second-order valence-corrected chi connectivity index (χ2v) is 13.3. The Bertz CT molecular complexity index is 1250. The van der Waals surface area contributed by atoms with Gasteiger partial charge in [-0.1, -0.05) is 55.3 Å². The predicted molar refractivity (Wildman–Crippen MR) is 144 cm³/mol. The van der Waals surface area contributed by atoms with Crippen molar-refractivity contribution in [3.05, 3.63) is 76.6 Å². The summed E-state index contributed by atoms with van der Waals surface area (Å²) >= 11 is 12.6. The summed E-state index contributed by atoms with van der Waals surface area (Å²) in [6.07, 6.45) is 8.17. The number of carbonyl (C=O) groups excluding carboxylic acids is 1. The van der Waals surface area contributed by atoms with Crippen LogP contribution in [0.25, 0.3) is 0 Å². The molecule has 194 valence electrons. The number of hydrogen-bond acceptors (Lipinski definition) is 4. The van der Waals surface area contributed by atoms with Gasteiger partial charge in [0, 0.05) is 29.4 Å². The summed E-state index contributed by atoms with van der Waals surface area (Å²) in [6, 6.07) is 8.74. The average molecular weight is 551 g/mol. The molecule has 0 spiro atoms. The molecule has 1 aromatic carbocycles. The molecular formula is C27H33Cl2N3O3S. The minimum Gasteiger partial charge on any atom is -0.332 e. The molecule has 36 heavy (non-hydrogen) atoms. The number of nitrogens with zero attached hydrogens (tertiary/aromatic N) is 2. The van der Waals surface area contributed by atoms with E-state index in [1.807, 2.05) is 49.1 Å². The SMILES string of the molecule is C=CC[C@@]1(C)C[C@H](c2cncc(Cl)c2)[C@@H](c2ccc(Cl)cc2)N([C@@H](CC)CC2(S(N)(=O)=O)CC2)C1=O. The van der Waals surface area contributed by atoms with Crippen LogP contribution < -0.4 is 5.14 Å². The van der Waals surface area contributed by atoms with E-state index in [2.05, 4.69) is 11.6 Å². The van der Waals surface area contributed by atoms with E-state index in [1.165, 1.54) is 0 Å². The van der Waals surface area contributed by atoms with E-state index in [0.29, 0.717) is 48.6 Å². The molecule has 6 nitrogen and oxygen atoms in total. The number of halogens is 2. The number of carbonyl (C=O) groups is 1. The number of likely N-dealkylation sites (tertiary alicyclic amines) is 1. The van der Waals surface area contributed by atoms with Gasteiger partial charge in [-0.2, -0.15) is 0 Å². The van der Waals surface area contributed by atoms with Gasteiger partial charge >= 0.3 is 0 Å². The van der Waals surface area contributed by atoms with Gasteiger partial charge in [0.1, 0.15) is 0 Å². The molecule has 2 fully saturated rings. The molecule has 1 aliphatic carbocycles. The number of rotatable bonds is 9. The molecule has 0 bridgehead atoms. The summed E-state index contributed by atoms with van der Waals surface area (Å²) in [4.78, 5) is 20.6. The van der Waals surface area contributed by atoms with Crippen LogP contribution in [0.5, 0.6) is 0 Å². The summed E-state index contributed by atoms with van der Waals surface area (Å²) in [5, 5.41) is 6.78. The second kappa shape index (κ2) is 10.1. The van der Waals surface area contributed by atoms with Gasteiger partial charge in [0.15, 0.2) is 0 Å². The monoisotopic (exact) mass is 549 g/mol.